The summed E-state index contributed by atoms with van der Waals surface area (Å²) >= 11 is 0. The summed E-state index contributed by atoms with van der Waals surface area (Å²) in [7, 11) is 0. The van der Waals surface area contributed by atoms with E-state index in [0.29, 0.717) is 0 Å². The molecule has 1 spiro atoms. The molecule has 0 radical (unpaired) electrons. The van der Waals surface area contributed by atoms with Gasteiger partial charge in [-0.2, -0.15) is 0 Å². The molecule has 0 aliphatic carbocycles. The SMILES string of the molecule is O=C([C@@H]1CCCO1)N1CCC[C@@]2(CCN2c2ccc3nccnc3c2)C1. The van der Waals surface area contributed by atoms with E-state index in [1.54, 1.807) is 12.4 Å². The quantitative estimate of drug-likeness (QED) is 0.831. The Morgan fingerprint density at radius 3 is 2.77 bits per heavy atom. The molecule has 0 saturated carbocycles. The fourth-order valence-electron chi connectivity index (χ4n) is 4.76. The molecule has 1 amide bonds. The monoisotopic (exact) mass is 352 g/mol. The number of rotatable bonds is 2. The average Bonchev–Trinajstić information content (AvgIpc) is 3.21. The van der Waals surface area contributed by atoms with Crippen LogP contribution in [0.1, 0.15) is 32.1 Å². The van der Waals surface area contributed by atoms with Gasteiger partial charge in [0.2, 0.25) is 0 Å². The summed E-state index contributed by atoms with van der Waals surface area (Å²) in [4.78, 5) is 26.1. The predicted octanol–water partition coefficient (Wildman–Crippen LogP) is 2.38. The van der Waals surface area contributed by atoms with Gasteiger partial charge in [-0.1, -0.05) is 0 Å². The van der Waals surface area contributed by atoms with Crippen molar-refractivity contribution in [1.82, 2.24) is 14.9 Å². The molecule has 3 aliphatic rings. The number of benzene rings is 1. The first-order valence-electron chi connectivity index (χ1n) is 9.64. The van der Waals surface area contributed by atoms with Crippen molar-refractivity contribution >= 4 is 22.6 Å². The van der Waals surface area contributed by atoms with Crippen molar-refractivity contribution in [3.05, 3.63) is 30.6 Å². The number of piperidine rings is 1. The topological polar surface area (TPSA) is 58.6 Å². The lowest BCUT2D eigenvalue weighted by Gasteiger charge is -2.58. The second kappa shape index (κ2) is 6.20. The van der Waals surface area contributed by atoms with Crippen molar-refractivity contribution in [3.8, 4) is 0 Å². The molecule has 3 saturated heterocycles. The van der Waals surface area contributed by atoms with Crippen LogP contribution in [0, 0.1) is 0 Å². The Morgan fingerprint density at radius 2 is 2.00 bits per heavy atom. The van der Waals surface area contributed by atoms with Crippen molar-refractivity contribution in [2.24, 2.45) is 0 Å². The third-order valence-electron chi connectivity index (χ3n) is 6.21. The van der Waals surface area contributed by atoms with Gasteiger partial charge in [-0.15, -0.1) is 0 Å². The lowest BCUT2D eigenvalue weighted by atomic mass is 9.77. The Labute approximate surface area is 153 Å². The molecule has 0 N–H and O–H groups in total. The van der Waals surface area contributed by atoms with Crippen LogP contribution >= 0.6 is 0 Å². The third kappa shape index (κ3) is 2.55. The van der Waals surface area contributed by atoms with Gasteiger partial charge in [0, 0.05) is 44.3 Å². The molecule has 6 nitrogen and oxygen atoms in total. The first-order chi connectivity index (χ1) is 12.8. The van der Waals surface area contributed by atoms with Crippen molar-refractivity contribution in [1.29, 1.82) is 0 Å². The molecule has 3 aliphatic heterocycles. The largest absolute Gasteiger partial charge is 0.368 e. The van der Waals surface area contributed by atoms with Gasteiger partial charge in [0.15, 0.2) is 0 Å². The van der Waals surface area contributed by atoms with E-state index in [0.717, 1.165) is 69.4 Å². The molecule has 1 aromatic heterocycles. The number of nitrogens with zero attached hydrogens (tertiary/aromatic N) is 4. The van der Waals surface area contributed by atoms with Gasteiger partial charge in [-0.3, -0.25) is 14.8 Å². The average molecular weight is 352 g/mol. The molecule has 0 bridgehead atoms. The molecule has 1 aromatic carbocycles. The smallest absolute Gasteiger partial charge is 0.251 e. The second-order valence-electron chi connectivity index (χ2n) is 7.72. The summed E-state index contributed by atoms with van der Waals surface area (Å²) < 4.78 is 5.63. The van der Waals surface area contributed by atoms with Crippen LogP contribution in [-0.2, 0) is 9.53 Å². The van der Waals surface area contributed by atoms with E-state index in [1.165, 1.54) is 5.69 Å². The van der Waals surface area contributed by atoms with Crippen LogP contribution in [0.3, 0.4) is 0 Å². The van der Waals surface area contributed by atoms with Crippen LogP contribution in [0.2, 0.25) is 0 Å². The molecule has 4 heterocycles. The number of carbonyl (C=O) groups excluding carboxylic acids is 1. The molecule has 26 heavy (non-hydrogen) atoms. The highest BCUT2D eigenvalue weighted by Gasteiger charge is 2.49. The number of hydrogen-bond acceptors (Lipinski definition) is 5. The number of anilines is 1. The molecule has 2 aromatic rings. The van der Waals surface area contributed by atoms with Gasteiger partial charge in [-0.05, 0) is 50.3 Å². The lowest BCUT2D eigenvalue weighted by Crippen LogP contribution is -2.68. The summed E-state index contributed by atoms with van der Waals surface area (Å²) in [6.45, 7) is 3.43. The number of hydrogen-bond donors (Lipinski definition) is 0. The lowest BCUT2D eigenvalue weighted by molar-refractivity contribution is -0.143. The summed E-state index contributed by atoms with van der Waals surface area (Å²) in [5.74, 6) is 0.192. The van der Waals surface area contributed by atoms with E-state index in [4.69, 9.17) is 4.74 Å². The maximum Gasteiger partial charge on any atom is 0.251 e. The Balaban J connectivity index is 1.38. The zero-order valence-electron chi connectivity index (χ0n) is 14.9. The maximum atomic E-state index is 12.8. The van der Waals surface area contributed by atoms with Crippen LogP contribution in [0.25, 0.3) is 11.0 Å². The first kappa shape index (κ1) is 16.0. The molecule has 136 valence electrons. The highest BCUT2D eigenvalue weighted by Crippen LogP contribution is 2.42. The highest BCUT2D eigenvalue weighted by molar-refractivity contribution is 5.82. The minimum atomic E-state index is -0.213. The Kier molecular flexibility index (Phi) is 3.81. The molecule has 0 unspecified atom stereocenters. The zero-order valence-corrected chi connectivity index (χ0v) is 14.9. The summed E-state index contributed by atoms with van der Waals surface area (Å²) in [6, 6.07) is 6.31. The van der Waals surface area contributed by atoms with E-state index < -0.39 is 0 Å². The van der Waals surface area contributed by atoms with Crippen LogP contribution in [0.4, 0.5) is 5.69 Å². The minimum absolute atomic E-state index is 0.0718. The van der Waals surface area contributed by atoms with E-state index in [2.05, 4.69) is 27.0 Å². The Hall–Kier alpha value is -2.21. The third-order valence-corrected chi connectivity index (χ3v) is 6.21. The predicted molar refractivity (Wildman–Crippen MR) is 99.0 cm³/mol. The standard InChI is InChI=1S/C20H24N4O2/c25-19(18-3-1-12-26-18)23-10-2-6-20(14-23)7-11-24(20)15-4-5-16-17(13-15)22-9-8-21-16/h4-5,8-9,13,18H,1-3,6-7,10-12,14H2/t18-,20+/m0/s1. The van der Waals surface area contributed by atoms with E-state index in [9.17, 15) is 4.79 Å². The van der Waals surface area contributed by atoms with Crippen molar-refractivity contribution in [2.75, 3.05) is 31.1 Å². The van der Waals surface area contributed by atoms with Crippen molar-refractivity contribution in [3.63, 3.8) is 0 Å². The molecule has 6 heteroatoms. The van der Waals surface area contributed by atoms with Crippen LogP contribution < -0.4 is 4.90 Å². The van der Waals surface area contributed by atoms with E-state index in [1.807, 2.05) is 11.0 Å². The van der Waals surface area contributed by atoms with Crippen LogP contribution in [-0.4, -0.2) is 58.7 Å². The van der Waals surface area contributed by atoms with Gasteiger partial charge in [-0.25, -0.2) is 0 Å². The molecule has 5 rings (SSSR count). The highest BCUT2D eigenvalue weighted by atomic mass is 16.5. The molecular weight excluding hydrogens is 328 g/mol. The fourth-order valence-corrected chi connectivity index (χ4v) is 4.76. The zero-order chi connectivity index (χ0) is 17.6. The van der Waals surface area contributed by atoms with Gasteiger partial charge in [0.05, 0.1) is 16.6 Å². The van der Waals surface area contributed by atoms with Gasteiger partial charge < -0.3 is 14.5 Å². The number of ether oxygens (including phenoxy) is 1. The molecule has 2 atom stereocenters. The van der Waals surface area contributed by atoms with E-state index in [-0.39, 0.29) is 17.6 Å². The maximum absolute atomic E-state index is 12.8. The Bertz CT molecular complexity index is 835. The van der Waals surface area contributed by atoms with Crippen molar-refractivity contribution < 1.29 is 9.53 Å². The van der Waals surface area contributed by atoms with Crippen LogP contribution in [0.15, 0.2) is 30.6 Å². The van der Waals surface area contributed by atoms with Crippen molar-refractivity contribution in [2.45, 2.75) is 43.7 Å². The number of carbonyl (C=O) groups is 1. The minimum Gasteiger partial charge on any atom is -0.368 e. The fraction of sp³-hybridized carbons (Fsp3) is 0.550. The van der Waals surface area contributed by atoms with E-state index >= 15 is 0 Å². The number of likely N-dealkylation sites (tertiary alicyclic amines) is 1. The Morgan fingerprint density at radius 1 is 1.12 bits per heavy atom. The second-order valence-corrected chi connectivity index (χ2v) is 7.72. The summed E-state index contributed by atoms with van der Waals surface area (Å²) in [5.41, 5.74) is 3.11. The molecule has 3 fully saturated rings. The number of fused-ring (bicyclic) bond motifs is 1. The van der Waals surface area contributed by atoms with Gasteiger partial charge in [0.25, 0.3) is 5.91 Å². The van der Waals surface area contributed by atoms with Gasteiger partial charge >= 0.3 is 0 Å². The van der Waals surface area contributed by atoms with Gasteiger partial charge in [0.1, 0.15) is 6.10 Å². The molecular formula is C20H24N4O2. The summed E-state index contributed by atoms with van der Waals surface area (Å²) in [5, 5.41) is 0. The normalized spacial score (nSPS) is 28.5. The first-order valence-corrected chi connectivity index (χ1v) is 9.64. The number of aromatic nitrogens is 2. The van der Waals surface area contributed by atoms with Crippen LogP contribution in [0.5, 0.6) is 0 Å². The summed E-state index contributed by atoms with van der Waals surface area (Å²) in [6.07, 6.45) is 8.46. The number of amides is 1.